The van der Waals surface area contributed by atoms with E-state index in [0.717, 1.165) is 16.0 Å². The zero-order chi connectivity index (χ0) is 18.5. The third-order valence-electron chi connectivity index (χ3n) is 3.57. The van der Waals surface area contributed by atoms with Gasteiger partial charge in [-0.2, -0.15) is 0 Å². The van der Waals surface area contributed by atoms with Crippen molar-refractivity contribution in [2.45, 2.75) is 6.92 Å². The molecule has 3 rings (SSSR count). The predicted octanol–water partition coefficient (Wildman–Crippen LogP) is 3.47. The van der Waals surface area contributed by atoms with Gasteiger partial charge in [-0.05, 0) is 37.3 Å². The summed E-state index contributed by atoms with van der Waals surface area (Å²) >= 11 is 1.42. The number of carbonyl (C=O) groups excluding carboxylic acids is 1. The average molecular weight is 373 g/mol. The highest BCUT2D eigenvalue weighted by atomic mass is 32.1. The van der Waals surface area contributed by atoms with Crippen LogP contribution in [-0.2, 0) is 0 Å². The van der Waals surface area contributed by atoms with Gasteiger partial charge in [-0.15, -0.1) is 0 Å². The Bertz CT molecular complexity index is 904. The number of thiazole rings is 1. The lowest BCUT2D eigenvalue weighted by molar-refractivity contribution is 0.0962. The summed E-state index contributed by atoms with van der Waals surface area (Å²) in [5.74, 6) is 1.55. The minimum Gasteiger partial charge on any atom is -0.497 e. The summed E-state index contributed by atoms with van der Waals surface area (Å²) in [7, 11) is 3.07. The molecule has 0 unspecified atom stereocenters. The summed E-state index contributed by atoms with van der Waals surface area (Å²) in [6.07, 6.45) is 0. The van der Waals surface area contributed by atoms with Crippen LogP contribution in [0, 0.1) is 0 Å². The molecule has 1 aromatic heterocycles. The lowest BCUT2D eigenvalue weighted by atomic mass is 10.2. The van der Waals surface area contributed by atoms with Crippen molar-refractivity contribution in [2.24, 2.45) is 0 Å². The second-order valence-corrected chi connectivity index (χ2v) is 6.29. The number of methoxy groups -OCH3 is 2. The second kappa shape index (κ2) is 7.92. The molecule has 8 heteroatoms. The number of hydrogen-bond acceptors (Lipinski definition) is 7. The van der Waals surface area contributed by atoms with E-state index in [2.05, 4.69) is 15.8 Å². The molecule has 0 atom stereocenters. The maximum absolute atomic E-state index is 12.4. The number of fused-ring (bicyclic) bond motifs is 1. The standard InChI is InChI=1S/C18H19N3O4S/c1-4-25-12-5-6-15-16(10-12)26-18(19-15)21-20-17(22)11-7-13(23-2)9-14(8-11)24-3/h5-10H,4H2,1-3H3,(H,19,21)(H,20,22). The molecule has 0 bridgehead atoms. The van der Waals surface area contributed by atoms with Crippen LogP contribution >= 0.6 is 11.3 Å². The van der Waals surface area contributed by atoms with Crippen LogP contribution in [0.3, 0.4) is 0 Å². The first kappa shape index (κ1) is 17.8. The van der Waals surface area contributed by atoms with Crippen molar-refractivity contribution in [3.05, 3.63) is 42.0 Å². The Morgan fingerprint density at radius 3 is 2.46 bits per heavy atom. The summed E-state index contributed by atoms with van der Waals surface area (Å²) in [5.41, 5.74) is 6.72. The van der Waals surface area contributed by atoms with E-state index in [0.29, 0.717) is 28.8 Å². The summed E-state index contributed by atoms with van der Waals surface area (Å²) in [6.45, 7) is 2.54. The number of rotatable bonds is 7. The molecule has 0 saturated carbocycles. The number of ether oxygens (including phenoxy) is 3. The number of hydrogen-bond donors (Lipinski definition) is 2. The molecule has 3 aromatic rings. The fourth-order valence-corrected chi connectivity index (χ4v) is 3.18. The van der Waals surface area contributed by atoms with Gasteiger partial charge in [0.15, 0.2) is 0 Å². The fraction of sp³-hybridized carbons (Fsp3) is 0.222. The Kier molecular flexibility index (Phi) is 5.43. The highest BCUT2D eigenvalue weighted by Crippen LogP contribution is 2.29. The monoisotopic (exact) mass is 373 g/mol. The number of benzene rings is 2. The van der Waals surface area contributed by atoms with Crippen LogP contribution in [-0.4, -0.2) is 31.7 Å². The van der Waals surface area contributed by atoms with Crippen LogP contribution < -0.4 is 25.1 Å². The maximum Gasteiger partial charge on any atom is 0.269 e. The van der Waals surface area contributed by atoms with E-state index in [-0.39, 0.29) is 5.91 Å². The number of carbonyl (C=O) groups is 1. The van der Waals surface area contributed by atoms with Crippen molar-refractivity contribution in [1.82, 2.24) is 10.4 Å². The Hall–Kier alpha value is -3.00. The zero-order valence-corrected chi connectivity index (χ0v) is 15.5. The van der Waals surface area contributed by atoms with Gasteiger partial charge >= 0.3 is 0 Å². The van der Waals surface area contributed by atoms with Crippen molar-refractivity contribution in [2.75, 3.05) is 26.3 Å². The Balaban J connectivity index is 1.72. The summed E-state index contributed by atoms with van der Waals surface area (Å²) in [5, 5.41) is 0.580. The lowest BCUT2D eigenvalue weighted by Crippen LogP contribution is -2.29. The van der Waals surface area contributed by atoms with Gasteiger partial charge in [-0.3, -0.25) is 15.6 Å². The normalized spacial score (nSPS) is 10.4. The molecule has 1 heterocycles. The van der Waals surface area contributed by atoms with Crippen molar-refractivity contribution in [1.29, 1.82) is 0 Å². The topological polar surface area (TPSA) is 81.7 Å². The van der Waals surface area contributed by atoms with E-state index in [1.54, 1.807) is 18.2 Å². The number of aromatic nitrogens is 1. The molecule has 0 aliphatic heterocycles. The summed E-state index contributed by atoms with van der Waals surface area (Å²) in [4.78, 5) is 16.8. The van der Waals surface area contributed by atoms with Gasteiger partial charge < -0.3 is 14.2 Å². The fourth-order valence-electron chi connectivity index (χ4n) is 2.34. The highest BCUT2D eigenvalue weighted by Gasteiger charge is 2.11. The third-order valence-corrected chi connectivity index (χ3v) is 4.50. The first-order valence-electron chi connectivity index (χ1n) is 7.95. The molecular formula is C18H19N3O4S. The number of nitrogens with zero attached hydrogens (tertiary/aromatic N) is 1. The average Bonchev–Trinajstić information content (AvgIpc) is 3.08. The van der Waals surface area contributed by atoms with Crippen molar-refractivity contribution in [3.63, 3.8) is 0 Å². The van der Waals surface area contributed by atoms with Gasteiger partial charge in [-0.25, -0.2) is 4.98 Å². The molecule has 7 nitrogen and oxygen atoms in total. The third kappa shape index (κ3) is 3.97. The van der Waals surface area contributed by atoms with E-state index in [1.807, 2.05) is 25.1 Å². The molecule has 0 aliphatic rings. The van der Waals surface area contributed by atoms with E-state index >= 15 is 0 Å². The smallest absolute Gasteiger partial charge is 0.269 e. The Morgan fingerprint density at radius 2 is 1.81 bits per heavy atom. The van der Waals surface area contributed by atoms with E-state index in [9.17, 15) is 4.79 Å². The quantitative estimate of drug-likeness (QED) is 0.617. The molecular weight excluding hydrogens is 354 g/mol. The van der Waals surface area contributed by atoms with Crippen molar-refractivity contribution < 1.29 is 19.0 Å². The molecule has 0 radical (unpaired) electrons. The van der Waals surface area contributed by atoms with Crippen molar-refractivity contribution in [3.8, 4) is 17.2 Å². The molecule has 26 heavy (non-hydrogen) atoms. The van der Waals surface area contributed by atoms with Gasteiger partial charge in [0.2, 0.25) is 5.13 Å². The van der Waals surface area contributed by atoms with E-state index in [1.165, 1.54) is 25.6 Å². The Morgan fingerprint density at radius 1 is 1.08 bits per heavy atom. The van der Waals surface area contributed by atoms with Gasteiger partial charge in [0.25, 0.3) is 5.91 Å². The molecule has 2 N–H and O–H groups in total. The number of hydrazine groups is 1. The molecule has 1 amide bonds. The van der Waals surface area contributed by atoms with Gasteiger partial charge in [0.05, 0.1) is 31.0 Å². The van der Waals surface area contributed by atoms with Gasteiger partial charge in [-0.1, -0.05) is 11.3 Å². The van der Waals surface area contributed by atoms with Crippen LogP contribution in [0.15, 0.2) is 36.4 Å². The van der Waals surface area contributed by atoms with Crippen LogP contribution in [0.25, 0.3) is 10.2 Å². The predicted molar refractivity (Wildman–Crippen MR) is 101 cm³/mol. The molecule has 136 valence electrons. The number of nitrogens with one attached hydrogen (secondary N) is 2. The van der Waals surface area contributed by atoms with Gasteiger partial charge in [0, 0.05) is 11.6 Å². The second-order valence-electron chi connectivity index (χ2n) is 5.26. The molecule has 2 aromatic carbocycles. The van der Waals surface area contributed by atoms with E-state index < -0.39 is 0 Å². The minimum atomic E-state index is -0.323. The summed E-state index contributed by atoms with van der Waals surface area (Å²) in [6, 6.07) is 10.6. The first-order chi connectivity index (χ1) is 12.6. The molecule has 0 spiro atoms. The van der Waals surface area contributed by atoms with Crippen LogP contribution in [0.4, 0.5) is 5.13 Å². The Labute approximate surface area is 154 Å². The SMILES string of the molecule is CCOc1ccc2nc(NNC(=O)c3cc(OC)cc(OC)c3)sc2c1. The molecule has 0 fully saturated rings. The number of amides is 1. The van der Waals surface area contributed by atoms with Gasteiger partial charge in [0.1, 0.15) is 17.2 Å². The largest absolute Gasteiger partial charge is 0.497 e. The molecule has 0 saturated heterocycles. The maximum atomic E-state index is 12.4. The summed E-state index contributed by atoms with van der Waals surface area (Å²) < 4.78 is 16.8. The zero-order valence-electron chi connectivity index (χ0n) is 14.7. The lowest BCUT2D eigenvalue weighted by Gasteiger charge is -2.09. The van der Waals surface area contributed by atoms with Crippen LogP contribution in [0.1, 0.15) is 17.3 Å². The minimum absolute atomic E-state index is 0.323. The number of anilines is 1. The van der Waals surface area contributed by atoms with E-state index in [4.69, 9.17) is 14.2 Å². The highest BCUT2D eigenvalue weighted by molar-refractivity contribution is 7.22. The molecule has 0 aliphatic carbocycles. The van der Waals surface area contributed by atoms with Crippen LogP contribution in [0.5, 0.6) is 17.2 Å². The first-order valence-corrected chi connectivity index (χ1v) is 8.77. The van der Waals surface area contributed by atoms with Crippen LogP contribution in [0.2, 0.25) is 0 Å². The van der Waals surface area contributed by atoms with Crippen molar-refractivity contribution >= 4 is 32.6 Å².